The lowest BCUT2D eigenvalue weighted by Crippen LogP contribution is -2.60. The first kappa shape index (κ1) is 29.2. The molecule has 214 valence electrons. The van der Waals surface area contributed by atoms with Crippen LogP contribution in [0.15, 0.2) is 35.9 Å². The maximum Gasteiger partial charge on any atom is 0.411 e. The third-order valence-corrected chi connectivity index (χ3v) is 9.41. The number of likely N-dealkylation sites (N-methyl/N-ethyl adjacent to an activating group) is 1. The number of hydrogen-bond donors (Lipinski definition) is 1. The van der Waals surface area contributed by atoms with Crippen molar-refractivity contribution < 1.29 is 33.8 Å². The highest BCUT2D eigenvalue weighted by atomic mass is 32.2. The molecule has 0 aromatic carbocycles. The van der Waals surface area contributed by atoms with Crippen molar-refractivity contribution >= 4 is 35.6 Å². The molecule has 0 aliphatic carbocycles. The minimum absolute atomic E-state index is 0.00914. The van der Waals surface area contributed by atoms with Crippen LogP contribution in [-0.4, -0.2) is 119 Å². The van der Waals surface area contributed by atoms with Gasteiger partial charge >= 0.3 is 12.1 Å². The molecule has 5 atom stereocenters. The van der Waals surface area contributed by atoms with Crippen molar-refractivity contribution in [1.29, 1.82) is 0 Å². The molecule has 39 heavy (non-hydrogen) atoms. The summed E-state index contributed by atoms with van der Waals surface area (Å²) in [7, 11) is 1.88. The summed E-state index contributed by atoms with van der Waals surface area (Å²) >= 11 is 1.46. The van der Waals surface area contributed by atoms with Crippen molar-refractivity contribution in [2.75, 3.05) is 53.0 Å². The van der Waals surface area contributed by atoms with Gasteiger partial charge in [0.25, 0.3) is 0 Å². The van der Waals surface area contributed by atoms with Gasteiger partial charge in [0, 0.05) is 48.2 Å². The molecule has 0 saturated carbocycles. The summed E-state index contributed by atoms with van der Waals surface area (Å²) in [6.45, 7) is 12.8. The minimum Gasteiger partial charge on any atom is -0.457 e. The third-order valence-electron chi connectivity index (χ3n) is 7.83. The highest BCUT2D eigenvalue weighted by Gasteiger charge is 2.60. The summed E-state index contributed by atoms with van der Waals surface area (Å²) in [5, 5.41) is 9.50. The molecule has 0 spiro atoms. The molecule has 11 nitrogen and oxygen atoms in total. The second kappa shape index (κ2) is 11.7. The van der Waals surface area contributed by atoms with Crippen molar-refractivity contribution in [3.63, 3.8) is 0 Å². The summed E-state index contributed by atoms with van der Waals surface area (Å²) in [6.07, 6.45) is 2.71. The van der Waals surface area contributed by atoms with Crippen LogP contribution < -0.4 is 0 Å². The fourth-order valence-corrected chi connectivity index (χ4v) is 7.60. The van der Waals surface area contributed by atoms with Crippen molar-refractivity contribution in [2.24, 2.45) is 11.8 Å². The van der Waals surface area contributed by atoms with Gasteiger partial charge in [-0.05, 0) is 20.4 Å². The van der Waals surface area contributed by atoms with Crippen LogP contribution in [-0.2, 0) is 23.9 Å². The van der Waals surface area contributed by atoms with Gasteiger partial charge in [-0.2, -0.15) is 0 Å². The molecule has 3 saturated heterocycles. The number of ether oxygens (including phenoxy) is 2. The monoisotopic (exact) mass is 562 g/mol. The molecule has 1 N–H and O–H groups in total. The van der Waals surface area contributed by atoms with Crippen LogP contribution in [0.5, 0.6) is 0 Å². The average Bonchev–Trinajstić information content (AvgIpc) is 3.37. The van der Waals surface area contributed by atoms with Gasteiger partial charge in [0.15, 0.2) is 0 Å². The largest absolute Gasteiger partial charge is 0.457 e. The molecule has 12 heteroatoms. The Morgan fingerprint density at radius 2 is 1.87 bits per heavy atom. The van der Waals surface area contributed by atoms with Gasteiger partial charge < -0.3 is 24.4 Å². The van der Waals surface area contributed by atoms with Crippen LogP contribution in [0.25, 0.3) is 0 Å². The number of hydrogen-bond acceptors (Lipinski definition) is 9. The second-order valence-corrected chi connectivity index (χ2v) is 12.4. The molecule has 0 aromatic heterocycles. The number of thioether (sulfide) groups is 1. The van der Waals surface area contributed by atoms with Gasteiger partial charge in [-0.25, -0.2) is 9.59 Å². The predicted octanol–water partition coefficient (Wildman–Crippen LogP) is 1.41. The molecule has 0 bridgehead atoms. The van der Waals surface area contributed by atoms with Crippen LogP contribution in [0, 0.1) is 11.8 Å². The van der Waals surface area contributed by atoms with E-state index in [-0.39, 0.29) is 68.3 Å². The maximum atomic E-state index is 13.2. The minimum atomic E-state index is -0.600. The number of aliphatic hydroxyl groups is 1. The third kappa shape index (κ3) is 5.46. The Kier molecular flexibility index (Phi) is 8.77. The van der Waals surface area contributed by atoms with E-state index in [1.807, 2.05) is 25.8 Å². The SMILES string of the molecule is C=CCOC(=O)C1=C(S[C@@]2(C)C[C@@H](N3CCN(C)CC3=O)N(C(=O)OCC=C)C2)[C@H](C)[C@@H]2[C@H](CCO)C(=O)N12. The van der Waals surface area contributed by atoms with E-state index in [0.29, 0.717) is 25.9 Å². The Labute approximate surface area is 233 Å². The first-order valence-electron chi connectivity index (χ1n) is 13.2. The molecule has 4 heterocycles. The Morgan fingerprint density at radius 3 is 2.51 bits per heavy atom. The second-order valence-electron chi connectivity index (χ2n) is 10.8. The number of carbonyl (C=O) groups excluding carboxylic acids is 4. The molecule has 4 aliphatic heterocycles. The molecule has 3 fully saturated rings. The maximum absolute atomic E-state index is 13.2. The zero-order valence-electron chi connectivity index (χ0n) is 22.8. The van der Waals surface area contributed by atoms with Gasteiger partial charge in [0.1, 0.15) is 25.1 Å². The van der Waals surface area contributed by atoms with Gasteiger partial charge in [-0.3, -0.25) is 19.4 Å². The number of aliphatic hydroxyl groups excluding tert-OH is 1. The van der Waals surface area contributed by atoms with E-state index in [2.05, 4.69) is 13.2 Å². The van der Waals surface area contributed by atoms with E-state index in [1.165, 1.54) is 28.8 Å². The van der Waals surface area contributed by atoms with Gasteiger partial charge in [-0.15, -0.1) is 11.8 Å². The fraction of sp³-hybridized carbons (Fsp3) is 0.630. The zero-order chi connectivity index (χ0) is 28.5. The Balaban J connectivity index is 1.65. The first-order valence-corrected chi connectivity index (χ1v) is 14.1. The fourth-order valence-electron chi connectivity index (χ4n) is 6.03. The Bertz CT molecular complexity index is 1080. The van der Waals surface area contributed by atoms with Crippen LogP contribution in [0.2, 0.25) is 0 Å². The van der Waals surface area contributed by atoms with E-state index >= 15 is 0 Å². The lowest BCUT2D eigenvalue weighted by Gasteiger charge is -2.45. The van der Waals surface area contributed by atoms with Crippen LogP contribution >= 0.6 is 11.8 Å². The Morgan fingerprint density at radius 1 is 1.18 bits per heavy atom. The summed E-state index contributed by atoms with van der Waals surface area (Å²) in [5.41, 5.74) is 0.222. The van der Waals surface area contributed by atoms with Crippen molar-refractivity contribution in [3.8, 4) is 0 Å². The van der Waals surface area contributed by atoms with Crippen molar-refractivity contribution in [1.82, 2.24) is 19.6 Å². The standard InChI is InChI=1S/C27H38N4O7S/c1-6-12-37-25(35)22-23(17(3)21-18(8-11-32)24(34)31(21)22)39-27(4)14-19(29-10-9-28(5)15-20(29)33)30(16-27)26(36)38-13-7-2/h6-7,17-19,21,32H,1-2,8-16H2,3-5H3/t17-,18+,19+,21-,27+/m1/s1. The van der Waals surface area contributed by atoms with Crippen molar-refractivity contribution in [3.05, 3.63) is 35.9 Å². The lowest BCUT2D eigenvalue weighted by atomic mass is 9.80. The summed E-state index contributed by atoms with van der Waals surface area (Å²) in [5.74, 6) is -1.40. The highest BCUT2D eigenvalue weighted by molar-refractivity contribution is 8.04. The smallest absolute Gasteiger partial charge is 0.411 e. The van der Waals surface area contributed by atoms with E-state index in [4.69, 9.17) is 9.47 Å². The van der Waals surface area contributed by atoms with Gasteiger partial charge in [-0.1, -0.05) is 32.2 Å². The number of nitrogens with zero attached hydrogens (tertiary/aromatic N) is 4. The number of carbonyl (C=O) groups is 4. The molecular formula is C27H38N4O7S. The number of likely N-dealkylation sites (tertiary alicyclic amines) is 1. The summed E-state index contributed by atoms with van der Waals surface area (Å²) in [4.78, 5) is 59.8. The van der Waals surface area contributed by atoms with Gasteiger partial charge in [0.2, 0.25) is 11.8 Å². The summed E-state index contributed by atoms with van der Waals surface area (Å²) < 4.78 is 10.2. The van der Waals surface area contributed by atoms with E-state index in [9.17, 15) is 24.3 Å². The molecule has 4 rings (SSSR count). The molecule has 4 aliphatic rings. The zero-order valence-corrected chi connectivity index (χ0v) is 23.7. The quantitative estimate of drug-likeness (QED) is 0.239. The summed E-state index contributed by atoms with van der Waals surface area (Å²) in [6, 6.07) is -0.243. The lowest BCUT2D eigenvalue weighted by molar-refractivity contribution is -0.158. The average molecular weight is 563 g/mol. The number of piperazine rings is 1. The van der Waals surface area contributed by atoms with E-state index in [1.54, 1.807) is 9.80 Å². The normalized spacial score (nSPS) is 30.8. The van der Waals surface area contributed by atoms with Crippen LogP contribution in [0.4, 0.5) is 4.79 Å². The van der Waals surface area contributed by atoms with Crippen LogP contribution in [0.1, 0.15) is 26.7 Å². The molecule has 3 amide bonds. The van der Waals surface area contributed by atoms with E-state index in [0.717, 1.165) is 4.91 Å². The Hall–Kier alpha value is -2.83. The van der Waals surface area contributed by atoms with E-state index < -0.39 is 23.0 Å². The number of β-lactam (4-membered cyclic amide) rings is 1. The predicted molar refractivity (Wildman–Crippen MR) is 145 cm³/mol. The number of amides is 3. The number of esters is 1. The highest BCUT2D eigenvalue weighted by Crippen LogP contribution is 2.55. The topological polar surface area (TPSA) is 120 Å². The van der Waals surface area contributed by atoms with Crippen LogP contribution in [0.3, 0.4) is 0 Å². The van der Waals surface area contributed by atoms with Crippen molar-refractivity contribution in [2.45, 2.75) is 43.6 Å². The molecule has 0 aromatic rings. The number of fused-ring (bicyclic) bond motifs is 1. The van der Waals surface area contributed by atoms with Gasteiger partial charge in [0.05, 0.1) is 18.5 Å². The number of rotatable bonds is 10. The molecule has 0 radical (unpaired) electrons. The first-order chi connectivity index (χ1) is 18.6. The molecular weight excluding hydrogens is 524 g/mol. The molecule has 0 unspecified atom stereocenters.